The Morgan fingerprint density at radius 1 is 1.23 bits per heavy atom. The van der Waals surface area contributed by atoms with Crippen LogP contribution in [0.5, 0.6) is 0 Å². The van der Waals surface area contributed by atoms with E-state index in [1.807, 2.05) is 37.3 Å². The first-order valence-electron chi connectivity index (χ1n) is 15.8. The van der Waals surface area contributed by atoms with Crippen LogP contribution in [0.1, 0.15) is 71.0 Å². The summed E-state index contributed by atoms with van der Waals surface area (Å²) in [5.41, 5.74) is -0.502. The summed E-state index contributed by atoms with van der Waals surface area (Å²) in [6.07, 6.45) is 5.32. The van der Waals surface area contributed by atoms with Gasteiger partial charge in [0.05, 0.1) is 36.6 Å². The molecule has 3 aliphatic rings. The SMILES string of the molecule is C=CCCC(=O)N[C@@H](C)[C@H](OC(=O)[C@@H]1[C@H]2C(=O)N([C@H](C)CO)[C@H](C(=O)N(CC=C)CCCC)[C@]23CC[C@H]1O3)c1ccccc1. The van der Waals surface area contributed by atoms with E-state index in [-0.39, 0.29) is 30.7 Å². The molecule has 2 N–H and O–H groups in total. The molecule has 3 saturated heterocycles. The number of hydrogen-bond donors (Lipinski definition) is 2. The average molecular weight is 610 g/mol. The average Bonchev–Trinajstić information content (AvgIpc) is 3.67. The van der Waals surface area contributed by atoms with Crippen molar-refractivity contribution in [2.75, 3.05) is 19.7 Å². The highest BCUT2D eigenvalue weighted by molar-refractivity contribution is 5.98. The van der Waals surface area contributed by atoms with Crippen molar-refractivity contribution in [1.82, 2.24) is 15.1 Å². The van der Waals surface area contributed by atoms with Crippen molar-refractivity contribution in [3.05, 3.63) is 61.2 Å². The number of nitrogens with one attached hydrogen (secondary N) is 1. The zero-order chi connectivity index (χ0) is 32.0. The zero-order valence-electron chi connectivity index (χ0n) is 26.2. The smallest absolute Gasteiger partial charge is 0.313 e. The third kappa shape index (κ3) is 6.33. The van der Waals surface area contributed by atoms with Gasteiger partial charge in [-0.3, -0.25) is 19.2 Å². The van der Waals surface area contributed by atoms with Gasteiger partial charge in [0.1, 0.15) is 17.7 Å². The molecule has 0 radical (unpaired) electrons. The second-order valence-corrected chi connectivity index (χ2v) is 12.2. The van der Waals surface area contributed by atoms with Gasteiger partial charge in [0.15, 0.2) is 0 Å². The summed E-state index contributed by atoms with van der Waals surface area (Å²) in [7, 11) is 0. The third-order valence-electron chi connectivity index (χ3n) is 9.22. The maximum absolute atomic E-state index is 14.2. The van der Waals surface area contributed by atoms with Gasteiger partial charge in [-0.1, -0.05) is 55.8 Å². The highest BCUT2D eigenvalue weighted by atomic mass is 16.6. The molecule has 4 rings (SSSR count). The van der Waals surface area contributed by atoms with Crippen molar-refractivity contribution >= 4 is 23.7 Å². The molecule has 3 fully saturated rings. The minimum Gasteiger partial charge on any atom is -0.455 e. The number of carbonyl (C=O) groups is 4. The molecule has 2 bridgehead atoms. The minimum atomic E-state index is -1.20. The van der Waals surface area contributed by atoms with E-state index in [9.17, 15) is 24.3 Å². The molecule has 44 heavy (non-hydrogen) atoms. The topological polar surface area (TPSA) is 125 Å². The molecule has 0 saturated carbocycles. The van der Waals surface area contributed by atoms with E-state index in [2.05, 4.69) is 18.5 Å². The fraction of sp³-hybridized carbons (Fsp3) is 0.588. The van der Waals surface area contributed by atoms with Crippen molar-refractivity contribution in [2.45, 2.75) is 95.2 Å². The number of likely N-dealkylation sites (tertiary alicyclic amines) is 1. The molecule has 3 amide bonds. The first kappa shape index (κ1) is 33.4. The van der Waals surface area contributed by atoms with E-state index < -0.39 is 53.7 Å². The number of allylic oxidation sites excluding steroid dienone is 1. The van der Waals surface area contributed by atoms with E-state index in [0.29, 0.717) is 37.9 Å². The Morgan fingerprint density at radius 2 is 1.95 bits per heavy atom. The third-order valence-corrected chi connectivity index (χ3v) is 9.22. The van der Waals surface area contributed by atoms with Crippen LogP contribution in [0, 0.1) is 11.8 Å². The summed E-state index contributed by atoms with van der Waals surface area (Å²) >= 11 is 0. The van der Waals surface area contributed by atoms with Gasteiger partial charge >= 0.3 is 5.97 Å². The number of fused-ring (bicyclic) bond motifs is 1. The number of nitrogens with zero attached hydrogens (tertiary/aromatic N) is 2. The van der Waals surface area contributed by atoms with Crippen molar-refractivity contribution in [2.24, 2.45) is 11.8 Å². The predicted molar refractivity (Wildman–Crippen MR) is 165 cm³/mol. The van der Waals surface area contributed by atoms with Gasteiger partial charge in [-0.05, 0) is 45.1 Å². The number of carbonyl (C=O) groups excluding carboxylic acids is 4. The lowest BCUT2D eigenvalue weighted by Gasteiger charge is -2.38. The molecule has 1 spiro atoms. The number of amides is 3. The van der Waals surface area contributed by atoms with E-state index in [4.69, 9.17) is 9.47 Å². The van der Waals surface area contributed by atoms with Crippen molar-refractivity contribution in [1.29, 1.82) is 0 Å². The van der Waals surface area contributed by atoms with Crippen molar-refractivity contribution in [3.8, 4) is 0 Å². The monoisotopic (exact) mass is 609 g/mol. The molecule has 1 aromatic carbocycles. The number of esters is 1. The first-order chi connectivity index (χ1) is 21.1. The highest BCUT2D eigenvalue weighted by Crippen LogP contribution is 2.59. The molecule has 10 nitrogen and oxygen atoms in total. The Morgan fingerprint density at radius 3 is 2.59 bits per heavy atom. The molecule has 10 heteroatoms. The molecule has 0 unspecified atom stereocenters. The standard InChI is InChI=1S/C34H47N3O7/c1-6-9-16-26(39)35-23(5)29(24-14-12-11-13-15-24)43-33(42)27-25-17-18-34(44-25)28(27)31(40)37(22(4)21-38)30(34)32(41)36(19-8-3)20-10-7-2/h6,8,11-15,22-23,25,27-30,38H,1,3,7,9-10,16-21H2,2,4-5H3,(H,35,39)/t22-,23+,25-,27+,28+,29+,30-,34+/m1/s1. The summed E-state index contributed by atoms with van der Waals surface area (Å²) in [6.45, 7) is 13.5. The largest absolute Gasteiger partial charge is 0.455 e. The Labute approximate surface area is 260 Å². The summed E-state index contributed by atoms with van der Waals surface area (Å²) in [5, 5.41) is 13.1. The Balaban J connectivity index is 1.65. The summed E-state index contributed by atoms with van der Waals surface area (Å²) < 4.78 is 12.7. The van der Waals surface area contributed by atoms with E-state index >= 15 is 0 Å². The van der Waals surface area contributed by atoms with Crippen LogP contribution < -0.4 is 5.32 Å². The molecule has 1 aromatic rings. The normalized spacial score (nSPS) is 27.3. The predicted octanol–water partition coefficient (Wildman–Crippen LogP) is 3.31. The van der Waals surface area contributed by atoms with Crippen molar-refractivity contribution < 1.29 is 33.8 Å². The molecular weight excluding hydrogens is 562 g/mol. The van der Waals surface area contributed by atoms with Gasteiger partial charge in [0.2, 0.25) is 17.7 Å². The molecule has 0 aliphatic carbocycles. The van der Waals surface area contributed by atoms with Crippen LogP contribution >= 0.6 is 0 Å². The van der Waals surface area contributed by atoms with Gasteiger partial charge in [0, 0.05) is 19.5 Å². The van der Waals surface area contributed by atoms with Crippen LogP contribution in [-0.4, -0.2) is 88.1 Å². The Kier molecular flexibility index (Phi) is 11.0. The zero-order valence-corrected chi connectivity index (χ0v) is 26.2. The molecular formula is C34H47N3O7. The number of ether oxygens (including phenoxy) is 2. The van der Waals surface area contributed by atoms with Crippen LogP contribution in [0.25, 0.3) is 0 Å². The van der Waals surface area contributed by atoms with E-state index in [1.165, 1.54) is 4.90 Å². The quantitative estimate of drug-likeness (QED) is 0.218. The maximum Gasteiger partial charge on any atom is 0.313 e. The van der Waals surface area contributed by atoms with Gasteiger partial charge < -0.3 is 29.7 Å². The fourth-order valence-electron chi connectivity index (χ4n) is 7.11. The van der Waals surface area contributed by atoms with Crippen molar-refractivity contribution in [3.63, 3.8) is 0 Å². The molecule has 240 valence electrons. The number of rotatable bonds is 16. The number of hydrogen-bond acceptors (Lipinski definition) is 7. The molecule has 3 heterocycles. The van der Waals surface area contributed by atoms with Gasteiger partial charge in [-0.25, -0.2) is 0 Å². The maximum atomic E-state index is 14.2. The van der Waals surface area contributed by atoms with E-state index in [0.717, 1.165) is 12.8 Å². The van der Waals surface area contributed by atoms with Crippen LogP contribution in [0.4, 0.5) is 0 Å². The Bertz CT molecular complexity index is 1220. The van der Waals surface area contributed by atoms with Crippen LogP contribution in [0.15, 0.2) is 55.6 Å². The lowest BCUT2D eigenvalue weighted by molar-refractivity contribution is -0.162. The van der Waals surface area contributed by atoms with Crippen LogP contribution in [-0.2, 0) is 28.7 Å². The second kappa shape index (κ2) is 14.5. The lowest BCUT2D eigenvalue weighted by atomic mass is 9.70. The number of aliphatic hydroxyl groups is 1. The minimum absolute atomic E-state index is 0.190. The summed E-state index contributed by atoms with van der Waals surface area (Å²) in [5.74, 6) is -3.30. The van der Waals surface area contributed by atoms with E-state index in [1.54, 1.807) is 30.9 Å². The highest BCUT2D eigenvalue weighted by Gasteiger charge is 2.75. The van der Waals surface area contributed by atoms with Gasteiger partial charge in [-0.15, -0.1) is 13.2 Å². The molecule has 3 aliphatic heterocycles. The number of benzene rings is 1. The molecule has 0 aromatic heterocycles. The van der Waals surface area contributed by atoms with Gasteiger partial charge in [0.25, 0.3) is 0 Å². The first-order valence-corrected chi connectivity index (χ1v) is 15.8. The van der Waals surface area contributed by atoms with Crippen LogP contribution in [0.3, 0.4) is 0 Å². The lowest BCUT2D eigenvalue weighted by Crippen LogP contribution is -2.58. The fourth-order valence-corrected chi connectivity index (χ4v) is 7.11. The second-order valence-electron chi connectivity index (χ2n) is 12.2. The Hall–Kier alpha value is -3.50. The molecule has 8 atom stereocenters. The van der Waals surface area contributed by atoms with Gasteiger partial charge in [-0.2, -0.15) is 0 Å². The number of unbranched alkanes of at least 4 members (excludes halogenated alkanes) is 1. The van der Waals surface area contributed by atoms with Crippen LogP contribution in [0.2, 0.25) is 0 Å². The summed E-state index contributed by atoms with van der Waals surface area (Å²) in [4.78, 5) is 58.2. The summed E-state index contributed by atoms with van der Waals surface area (Å²) in [6, 6.07) is 6.97. The number of aliphatic hydroxyl groups excluding tert-OH is 1.